The molecule has 150 valence electrons. The molecule has 3 aromatic rings. The first-order chi connectivity index (χ1) is 14.0. The van der Waals surface area contributed by atoms with Gasteiger partial charge in [0, 0.05) is 25.1 Å². The topological polar surface area (TPSA) is 68.5 Å². The molecule has 6 nitrogen and oxygen atoms in total. The van der Waals surface area contributed by atoms with Gasteiger partial charge >= 0.3 is 0 Å². The third-order valence-corrected chi connectivity index (χ3v) is 5.35. The molecule has 1 aromatic heterocycles. The normalized spacial score (nSPS) is 16.6. The number of rotatable bonds is 6. The van der Waals surface area contributed by atoms with Crippen LogP contribution in [0.5, 0.6) is 5.75 Å². The van der Waals surface area contributed by atoms with E-state index in [0.29, 0.717) is 37.1 Å². The highest BCUT2D eigenvalue weighted by molar-refractivity contribution is 5.79. The van der Waals surface area contributed by atoms with Crippen molar-refractivity contribution in [1.82, 2.24) is 15.0 Å². The van der Waals surface area contributed by atoms with Crippen molar-refractivity contribution in [2.24, 2.45) is 0 Å². The minimum Gasteiger partial charge on any atom is -0.497 e. The van der Waals surface area contributed by atoms with Gasteiger partial charge in [-0.1, -0.05) is 55.4 Å². The number of carbonyl (C=O) groups is 1. The highest BCUT2D eigenvalue weighted by Gasteiger charge is 2.34. The number of likely N-dealkylation sites (tertiary alicyclic amines) is 1. The van der Waals surface area contributed by atoms with Crippen LogP contribution in [0.1, 0.15) is 49.1 Å². The lowest BCUT2D eigenvalue weighted by Crippen LogP contribution is -2.24. The number of hydrogen-bond donors (Lipinski definition) is 0. The molecule has 0 saturated carbocycles. The first kappa shape index (κ1) is 19.2. The van der Waals surface area contributed by atoms with E-state index >= 15 is 0 Å². The average Bonchev–Trinajstić information content (AvgIpc) is 3.36. The fourth-order valence-corrected chi connectivity index (χ4v) is 3.60. The maximum atomic E-state index is 12.5. The molecule has 1 unspecified atom stereocenters. The standard InChI is InChI=1S/C23H25N3O3/c1-15(2)17-9-7-16(8-10-17)13-26-14-19(12-21(26)27)23-24-22(25-29-23)18-5-4-6-20(11-18)28-3/h4-11,15,19H,12-14H2,1-3H3. The molecule has 1 amide bonds. The van der Waals surface area contributed by atoms with Crippen molar-refractivity contribution in [1.29, 1.82) is 0 Å². The molecule has 1 aliphatic heterocycles. The molecular formula is C23H25N3O3. The van der Waals surface area contributed by atoms with Crippen LogP contribution in [0.2, 0.25) is 0 Å². The first-order valence-electron chi connectivity index (χ1n) is 9.88. The van der Waals surface area contributed by atoms with Crippen molar-refractivity contribution in [3.63, 3.8) is 0 Å². The molecule has 29 heavy (non-hydrogen) atoms. The van der Waals surface area contributed by atoms with Crippen LogP contribution in [0.15, 0.2) is 53.1 Å². The summed E-state index contributed by atoms with van der Waals surface area (Å²) in [5.74, 6) is 2.29. The second-order valence-corrected chi connectivity index (χ2v) is 7.76. The lowest BCUT2D eigenvalue weighted by atomic mass is 10.0. The summed E-state index contributed by atoms with van der Waals surface area (Å²) in [6.07, 6.45) is 0.393. The zero-order valence-electron chi connectivity index (χ0n) is 17.0. The van der Waals surface area contributed by atoms with Crippen LogP contribution >= 0.6 is 0 Å². The van der Waals surface area contributed by atoms with Crippen molar-refractivity contribution in [3.8, 4) is 17.1 Å². The summed E-state index contributed by atoms with van der Waals surface area (Å²) in [6, 6.07) is 16.0. The van der Waals surface area contributed by atoms with Crippen molar-refractivity contribution in [2.75, 3.05) is 13.7 Å². The fraction of sp³-hybridized carbons (Fsp3) is 0.348. The largest absolute Gasteiger partial charge is 0.497 e. The molecule has 0 radical (unpaired) electrons. The van der Waals surface area contributed by atoms with Gasteiger partial charge < -0.3 is 14.2 Å². The zero-order valence-corrected chi connectivity index (χ0v) is 17.0. The van der Waals surface area contributed by atoms with E-state index in [2.05, 4.69) is 48.3 Å². The van der Waals surface area contributed by atoms with Crippen LogP contribution < -0.4 is 4.74 Å². The number of hydrogen-bond acceptors (Lipinski definition) is 5. The Hall–Kier alpha value is -3.15. The Bertz CT molecular complexity index is 995. The van der Waals surface area contributed by atoms with Crippen LogP contribution in [0, 0.1) is 0 Å². The number of amides is 1. The Morgan fingerprint density at radius 1 is 1.21 bits per heavy atom. The summed E-state index contributed by atoms with van der Waals surface area (Å²) >= 11 is 0. The van der Waals surface area contributed by atoms with E-state index in [1.807, 2.05) is 29.2 Å². The quantitative estimate of drug-likeness (QED) is 0.624. The van der Waals surface area contributed by atoms with Crippen molar-refractivity contribution in [2.45, 2.75) is 38.6 Å². The Balaban J connectivity index is 1.44. The molecule has 0 aliphatic carbocycles. The monoisotopic (exact) mass is 391 g/mol. The average molecular weight is 391 g/mol. The number of aromatic nitrogens is 2. The van der Waals surface area contributed by atoms with Gasteiger partial charge in [0.1, 0.15) is 5.75 Å². The SMILES string of the molecule is COc1cccc(-c2noc(C3CC(=O)N(Cc4ccc(C(C)C)cc4)C3)n2)c1. The van der Waals surface area contributed by atoms with Crippen LogP contribution in [0.25, 0.3) is 11.4 Å². The molecule has 1 aliphatic rings. The van der Waals surface area contributed by atoms with Crippen LogP contribution in [-0.2, 0) is 11.3 Å². The number of methoxy groups -OCH3 is 1. The van der Waals surface area contributed by atoms with Gasteiger partial charge in [-0.3, -0.25) is 4.79 Å². The maximum Gasteiger partial charge on any atom is 0.232 e. The van der Waals surface area contributed by atoms with Gasteiger partial charge in [0.05, 0.1) is 13.0 Å². The Kier molecular flexibility index (Phi) is 5.34. The molecule has 1 saturated heterocycles. The van der Waals surface area contributed by atoms with Gasteiger partial charge in [0.15, 0.2) is 0 Å². The summed E-state index contributed by atoms with van der Waals surface area (Å²) in [5.41, 5.74) is 3.26. The summed E-state index contributed by atoms with van der Waals surface area (Å²) in [7, 11) is 1.62. The highest BCUT2D eigenvalue weighted by Crippen LogP contribution is 2.30. The molecule has 0 N–H and O–H groups in total. The Labute approximate surface area is 170 Å². The van der Waals surface area contributed by atoms with Crippen molar-refractivity contribution < 1.29 is 14.1 Å². The summed E-state index contributed by atoms with van der Waals surface area (Å²) < 4.78 is 10.7. The number of nitrogens with zero attached hydrogens (tertiary/aromatic N) is 3. The minimum absolute atomic E-state index is 0.0794. The van der Waals surface area contributed by atoms with Crippen LogP contribution in [0.3, 0.4) is 0 Å². The van der Waals surface area contributed by atoms with E-state index < -0.39 is 0 Å². The minimum atomic E-state index is -0.0794. The number of ether oxygens (including phenoxy) is 1. The third kappa shape index (κ3) is 4.16. The highest BCUT2D eigenvalue weighted by atomic mass is 16.5. The summed E-state index contributed by atoms with van der Waals surface area (Å²) in [5, 5.41) is 4.10. The van der Waals surface area contributed by atoms with Gasteiger partial charge in [0.2, 0.25) is 17.6 Å². The third-order valence-electron chi connectivity index (χ3n) is 5.35. The van der Waals surface area contributed by atoms with Gasteiger partial charge in [-0.15, -0.1) is 0 Å². The van der Waals surface area contributed by atoms with Crippen molar-refractivity contribution in [3.05, 3.63) is 65.5 Å². The van der Waals surface area contributed by atoms with E-state index in [0.717, 1.165) is 16.9 Å². The number of carbonyl (C=O) groups excluding carboxylic acids is 1. The van der Waals surface area contributed by atoms with Gasteiger partial charge in [-0.05, 0) is 29.2 Å². The van der Waals surface area contributed by atoms with E-state index in [1.54, 1.807) is 7.11 Å². The molecule has 1 fully saturated rings. The van der Waals surface area contributed by atoms with Gasteiger partial charge in [-0.2, -0.15) is 4.98 Å². The van der Waals surface area contributed by atoms with Crippen LogP contribution in [0.4, 0.5) is 0 Å². The first-order valence-corrected chi connectivity index (χ1v) is 9.88. The zero-order chi connectivity index (χ0) is 20.4. The van der Waals surface area contributed by atoms with E-state index in [1.165, 1.54) is 5.56 Å². The van der Waals surface area contributed by atoms with Gasteiger partial charge in [0.25, 0.3) is 0 Å². The van der Waals surface area contributed by atoms with Gasteiger partial charge in [-0.25, -0.2) is 0 Å². The molecule has 2 heterocycles. The van der Waals surface area contributed by atoms with E-state index in [-0.39, 0.29) is 11.8 Å². The smallest absolute Gasteiger partial charge is 0.232 e. The molecular weight excluding hydrogens is 366 g/mol. The number of benzene rings is 2. The lowest BCUT2D eigenvalue weighted by Gasteiger charge is -2.16. The summed E-state index contributed by atoms with van der Waals surface area (Å²) in [6.45, 7) is 5.54. The molecule has 1 atom stereocenters. The molecule has 0 spiro atoms. The summed E-state index contributed by atoms with van der Waals surface area (Å²) in [4.78, 5) is 18.9. The Morgan fingerprint density at radius 2 is 2.00 bits per heavy atom. The molecule has 4 rings (SSSR count). The lowest BCUT2D eigenvalue weighted by molar-refractivity contribution is -0.128. The fourth-order valence-electron chi connectivity index (χ4n) is 3.60. The van der Waals surface area contributed by atoms with E-state index in [4.69, 9.17) is 9.26 Å². The molecule has 0 bridgehead atoms. The predicted octanol–water partition coefficient (Wildman–Crippen LogP) is 4.38. The Morgan fingerprint density at radius 3 is 2.72 bits per heavy atom. The van der Waals surface area contributed by atoms with Crippen LogP contribution in [-0.4, -0.2) is 34.6 Å². The van der Waals surface area contributed by atoms with E-state index in [9.17, 15) is 4.79 Å². The second-order valence-electron chi connectivity index (χ2n) is 7.76. The molecule has 6 heteroatoms. The van der Waals surface area contributed by atoms with Crippen molar-refractivity contribution >= 4 is 5.91 Å². The second kappa shape index (κ2) is 8.07. The predicted molar refractivity (Wildman–Crippen MR) is 110 cm³/mol. The molecule has 2 aromatic carbocycles. The maximum absolute atomic E-state index is 12.5.